The van der Waals surface area contributed by atoms with E-state index >= 15 is 0 Å². The fourth-order valence-corrected chi connectivity index (χ4v) is 3.03. The van der Waals surface area contributed by atoms with E-state index in [2.05, 4.69) is 49.9 Å². The maximum atomic E-state index is 11.2. The first-order valence-corrected chi connectivity index (χ1v) is 8.03. The van der Waals surface area contributed by atoms with E-state index in [0.29, 0.717) is 18.5 Å². The van der Waals surface area contributed by atoms with Crippen LogP contribution in [-0.2, 0) is 11.2 Å². The summed E-state index contributed by atoms with van der Waals surface area (Å²) in [6.45, 7) is 8.26. The van der Waals surface area contributed by atoms with Crippen LogP contribution in [0.1, 0.15) is 50.7 Å². The molecular formula is C18H27NO2. The molecule has 2 unspecified atom stereocenters. The molecule has 21 heavy (non-hydrogen) atoms. The minimum Gasteiger partial charge on any atom is -0.481 e. The largest absolute Gasteiger partial charge is 0.481 e. The van der Waals surface area contributed by atoms with Gasteiger partial charge < -0.3 is 5.11 Å². The lowest BCUT2D eigenvalue weighted by Gasteiger charge is -2.36. The number of aliphatic carboxylic acids is 1. The Bertz CT molecular complexity index is 467. The second-order valence-electron chi connectivity index (χ2n) is 6.60. The van der Waals surface area contributed by atoms with E-state index < -0.39 is 5.97 Å². The number of rotatable bonds is 5. The highest BCUT2D eigenvalue weighted by atomic mass is 16.4. The van der Waals surface area contributed by atoms with Crippen molar-refractivity contribution < 1.29 is 9.90 Å². The van der Waals surface area contributed by atoms with E-state index in [9.17, 15) is 9.90 Å². The van der Waals surface area contributed by atoms with E-state index in [4.69, 9.17) is 0 Å². The third-order valence-corrected chi connectivity index (χ3v) is 4.69. The van der Waals surface area contributed by atoms with Gasteiger partial charge in [0, 0.05) is 19.1 Å². The molecule has 0 bridgehead atoms. The normalized spacial score (nSPS) is 23.4. The fraction of sp³-hybridized carbons (Fsp3) is 0.611. The number of carboxylic acids is 1. The standard InChI is InChI=1S/C18H27NO2/c1-13(2)16-8-5-15(6-9-16)10-11-19-12-17(18(20)21)7-4-14(19)3/h5-6,8-9,13-14,17H,4,7,10-12H2,1-3H3,(H,20,21). The number of carboxylic acid groups (broad SMARTS) is 1. The van der Waals surface area contributed by atoms with Gasteiger partial charge in [-0.3, -0.25) is 9.69 Å². The first-order chi connectivity index (χ1) is 9.97. The minimum absolute atomic E-state index is 0.190. The predicted octanol–water partition coefficient (Wildman–Crippen LogP) is 3.54. The quantitative estimate of drug-likeness (QED) is 0.901. The summed E-state index contributed by atoms with van der Waals surface area (Å²) < 4.78 is 0. The smallest absolute Gasteiger partial charge is 0.307 e. The predicted molar refractivity (Wildman–Crippen MR) is 85.6 cm³/mol. The second kappa shape index (κ2) is 7.08. The number of likely N-dealkylation sites (tertiary alicyclic amines) is 1. The van der Waals surface area contributed by atoms with Crippen LogP contribution in [0.4, 0.5) is 0 Å². The minimum atomic E-state index is -0.645. The molecule has 1 aliphatic rings. The highest BCUT2D eigenvalue weighted by molar-refractivity contribution is 5.70. The van der Waals surface area contributed by atoms with Crippen molar-refractivity contribution in [2.75, 3.05) is 13.1 Å². The van der Waals surface area contributed by atoms with Crippen molar-refractivity contribution in [1.82, 2.24) is 4.90 Å². The van der Waals surface area contributed by atoms with Crippen molar-refractivity contribution in [3.63, 3.8) is 0 Å². The molecule has 1 fully saturated rings. The van der Waals surface area contributed by atoms with Crippen LogP contribution in [0.2, 0.25) is 0 Å². The van der Waals surface area contributed by atoms with Gasteiger partial charge in [-0.25, -0.2) is 0 Å². The summed E-state index contributed by atoms with van der Waals surface area (Å²) in [7, 11) is 0. The zero-order valence-electron chi connectivity index (χ0n) is 13.4. The number of piperidine rings is 1. The summed E-state index contributed by atoms with van der Waals surface area (Å²) in [6, 6.07) is 9.33. The maximum absolute atomic E-state index is 11.2. The molecule has 0 radical (unpaired) electrons. The van der Waals surface area contributed by atoms with E-state index in [1.165, 1.54) is 11.1 Å². The van der Waals surface area contributed by atoms with E-state index in [1.54, 1.807) is 0 Å². The molecule has 1 aromatic rings. The van der Waals surface area contributed by atoms with Gasteiger partial charge in [-0.2, -0.15) is 0 Å². The molecule has 3 heteroatoms. The van der Waals surface area contributed by atoms with Crippen LogP contribution in [0.3, 0.4) is 0 Å². The molecule has 1 aromatic carbocycles. The van der Waals surface area contributed by atoms with Crippen molar-refractivity contribution in [3.05, 3.63) is 35.4 Å². The summed E-state index contributed by atoms with van der Waals surface area (Å²) in [5, 5.41) is 9.18. The SMILES string of the molecule is CC(C)c1ccc(CCN2CC(C(=O)O)CCC2C)cc1. The Morgan fingerprint density at radius 2 is 1.95 bits per heavy atom. The number of hydrogen-bond acceptors (Lipinski definition) is 2. The van der Waals surface area contributed by atoms with Crippen LogP contribution in [0.25, 0.3) is 0 Å². The molecule has 1 saturated heterocycles. The molecule has 3 nitrogen and oxygen atoms in total. The molecule has 0 aliphatic carbocycles. The van der Waals surface area contributed by atoms with E-state index in [0.717, 1.165) is 25.8 Å². The summed E-state index contributed by atoms with van der Waals surface area (Å²) in [6.07, 6.45) is 2.80. The summed E-state index contributed by atoms with van der Waals surface area (Å²) in [4.78, 5) is 13.5. The number of carbonyl (C=O) groups is 1. The van der Waals surface area contributed by atoms with Crippen LogP contribution in [0, 0.1) is 5.92 Å². The Balaban J connectivity index is 1.90. The Kier molecular flexibility index (Phi) is 5.40. The van der Waals surface area contributed by atoms with Gasteiger partial charge in [0.05, 0.1) is 5.92 Å². The van der Waals surface area contributed by atoms with Crippen molar-refractivity contribution in [3.8, 4) is 0 Å². The fourth-order valence-electron chi connectivity index (χ4n) is 3.03. The highest BCUT2D eigenvalue weighted by Gasteiger charge is 2.29. The molecule has 1 heterocycles. The average molecular weight is 289 g/mol. The lowest BCUT2D eigenvalue weighted by molar-refractivity contribution is -0.144. The van der Waals surface area contributed by atoms with Gasteiger partial charge in [0.1, 0.15) is 0 Å². The summed E-state index contributed by atoms with van der Waals surface area (Å²) in [5.74, 6) is -0.268. The molecule has 1 N–H and O–H groups in total. The molecule has 0 saturated carbocycles. The Morgan fingerprint density at radius 1 is 1.29 bits per heavy atom. The second-order valence-corrected chi connectivity index (χ2v) is 6.60. The molecular weight excluding hydrogens is 262 g/mol. The van der Waals surface area contributed by atoms with Crippen LogP contribution in [0.15, 0.2) is 24.3 Å². The topological polar surface area (TPSA) is 40.5 Å². The van der Waals surface area contributed by atoms with Crippen LogP contribution >= 0.6 is 0 Å². The first-order valence-electron chi connectivity index (χ1n) is 8.03. The molecule has 0 spiro atoms. The third-order valence-electron chi connectivity index (χ3n) is 4.69. The molecule has 2 atom stereocenters. The average Bonchev–Trinajstić information content (AvgIpc) is 2.46. The lowest BCUT2D eigenvalue weighted by Crippen LogP contribution is -2.44. The molecule has 0 aromatic heterocycles. The molecule has 1 aliphatic heterocycles. The van der Waals surface area contributed by atoms with Gasteiger partial charge in [-0.15, -0.1) is 0 Å². The molecule has 2 rings (SSSR count). The first kappa shape index (κ1) is 16.0. The van der Waals surface area contributed by atoms with Crippen LogP contribution < -0.4 is 0 Å². The highest BCUT2D eigenvalue weighted by Crippen LogP contribution is 2.22. The Hall–Kier alpha value is -1.35. The lowest BCUT2D eigenvalue weighted by atomic mass is 9.93. The van der Waals surface area contributed by atoms with Crippen LogP contribution in [0.5, 0.6) is 0 Å². The summed E-state index contributed by atoms with van der Waals surface area (Å²) in [5.41, 5.74) is 2.71. The zero-order valence-corrected chi connectivity index (χ0v) is 13.4. The van der Waals surface area contributed by atoms with Gasteiger partial charge in [-0.1, -0.05) is 38.1 Å². The number of benzene rings is 1. The van der Waals surface area contributed by atoms with Crippen molar-refractivity contribution >= 4 is 5.97 Å². The van der Waals surface area contributed by atoms with E-state index in [-0.39, 0.29) is 5.92 Å². The van der Waals surface area contributed by atoms with Gasteiger partial charge in [0.25, 0.3) is 0 Å². The number of hydrogen-bond donors (Lipinski definition) is 1. The zero-order chi connectivity index (χ0) is 15.4. The van der Waals surface area contributed by atoms with Crippen molar-refractivity contribution in [2.45, 2.75) is 52.0 Å². The van der Waals surface area contributed by atoms with Gasteiger partial charge >= 0.3 is 5.97 Å². The Labute approximate surface area is 128 Å². The number of nitrogens with zero attached hydrogens (tertiary/aromatic N) is 1. The van der Waals surface area contributed by atoms with Gasteiger partial charge in [0.15, 0.2) is 0 Å². The Morgan fingerprint density at radius 3 is 2.52 bits per heavy atom. The summed E-state index contributed by atoms with van der Waals surface area (Å²) >= 11 is 0. The van der Waals surface area contributed by atoms with Gasteiger partial charge in [-0.05, 0) is 43.2 Å². The monoisotopic (exact) mass is 289 g/mol. The van der Waals surface area contributed by atoms with Crippen molar-refractivity contribution in [1.29, 1.82) is 0 Å². The molecule has 116 valence electrons. The van der Waals surface area contributed by atoms with Crippen molar-refractivity contribution in [2.24, 2.45) is 5.92 Å². The van der Waals surface area contributed by atoms with Crippen LogP contribution in [-0.4, -0.2) is 35.1 Å². The molecule has 0 amide bonds. The van der Waals surface area contributed by atoms with Gasteiger partial charge in [0.2, 0.25) is 0 Å². The maximum Gasteiger partial charge on any atom is 0.307 e. The third kappa shape index (κ3) is 4.31. The van der Waals surface area contributed by atoms with E-state index in [1.807, 2.05) is 0 Å².